The van der Waals surface area contributed by atoms with Crippen molar-refractivity contribution in [3.63, 3.8) is 0 Å². The van der Waals surface area contributed by atoms with Gasteiger partial charge in [-0.1, -0.05) is 116 Å². The quantitative estimate of drug-likeness (QED) is 0.0320. The van der Waals surface area contributed by atoms with Gasteiger partial charge in [0.15, 0.2) is 18.9 Å². The third-order valence-corrected chi connectivity index (χ3v) is 11.9. The molecular formula is C43H79NO18. The summed E-state index contributed by atoms with van der Waals surface area (Å²) in [4.78, 5) is 12.3. The average molecular weight is 898 g/mol. The number of hydrogen-bond donors (Lipinski definition) is 12. The number of carbonyl (C=O) groups excluding carboxylic acids is 1. The molecule has 1 amide bonds. The van der Waals surface area contributed by atoms with Crippen molar-refractivity contribution in [3.05, 3.63) is 12.2 Å². The molecule has 364 valence electrons. The number of carbonyl (C=O) groups is 1. The molecule has 0 aromatic heterocycles. The summed E-state index contributed by atoms with van der Waals surface area (Å²) in [7, 11) is 0. The van der Waals surface area contributed by atoms with E-state index in [1.807, 2.05) is 6.08 Å². The molecule has 3 fully saturated rings. The van der Waals surface area contributed by atoms with Crippen molar-refractivity contribution in [2.45, 2.75) is 227 Å². The molecule has 62 heavy (non-hydrogen) atoms. The molecule has 0 radical (unpaired) electrons. The highest BCUT2D eigenvalue weighted by Gasteiger charge is 2.53. The number of aliphatic hydroxyl groups excluding tert-OH is 11. The predicted octanol–water partition coefficient (Wildman–Crippen LogP) is -0.475. The summed E-state index contributed by atoms with van der Waals surface area (Å²) in [5.41, 5.74) is 0. The SMILES string of the molecule is CCCCCCCCCCCCCCCCC/C=C/C(O)C(COC1OC(CO)C(OC2OC(CO)C(OC3OC(CO)C(O)C(O)C3O)C(O)C2O)C(O)C1O)NC(=O)CC. The summed E-state index contributed by atoms with van der Waals surface area (Å²) in [5.74, 6) is -0.365. The minimum Gasteiger partial charge on any atom is -0.394 e. The van der Waals surface area contributed by atoms with E-state index in [0.717, 1.165) is 25.7 Å². The lowest BCUT2D eigenvalue weighted by molar-refractivity contribution is -0.379. The fourth-order valence-electron chi connectivity index (χ4n) is 7.92. The Hall–Kier alpha value is -1.47. The first-order chi connectivity index (χ1) is 29.8. The number of allylic oxidation sites excluding steroid dienone is 1. The predicted molar refractivity (Wildman–Crippen MR) is 222 cm³/mol. The second-order valence-electron chi connectivity index (χ2n) is 16.8. The van der Waals surface area contributed by atoms with Crippen LogP contribution in [0.2, 0.25) is 0 Å². The van der Waals surface area contributed by atoms with E-state index < -0.39 is 124 Å². The molecule has 0 spiro atoms. The highest BCUT2D eigenvalue weighted by atomic mass is 16.8. The van der Waals surface area contributed by atoms with Crippen LogP contribution in [-0.4, -0.2) is 193 Å². The van der Waals surface area contributed by atoms with E-state index in [9.17, 15) is 61.0 Å². The molecule has 3 rings (SSSR count). The molecule has 3 heterocycles. The molecule has 19 nitrogen and oxygen atoms in total. The lowest BCUT2D eigenvalue weighted by atomic mass is 9.96. The van der Waals surface area contributed by atoms with Gasteiger partial charge in [0.25, 0.3) is 0 Å². The molecule has 3 aliphatic heterocycles. The molecule has 3 saturated heterocycles. The van der Waals surface area contributed by atoms with E-state index in [4.69, 9.17) is 28.4 Å². The van der Waals surface area contributed by atoms with Crippen molar-refractivity contribution < 1.29 is 89.4 Å². The van der Waals surface area contributed by atoms with E-state index in [0.29, 0.717) is 0 Å². The maximum Gasteiger partial charge on any atom is 0.220 e. The van der Waals surface area contributed by atoms with Crippen LogP contribution in [0.25, 0.3) is 0 Å². The second kappa shape index (κ2) is 29.9. The zero-order valence-electron chi connectivity index (χ0n) is 36.6. The molecule has 0 bridgehead atoms. The van der Waals surface area contributed by atoms with Crippen LogP contribution in [0.15, 0.2) is 12.2 Å². The first-order valence-corrected chi connectivity index (χ1v) is 22.9. The van der Waals surface area contributed by atoms with Crippen molar-refractivity contribution in [1.82, 2.24) is 5.32 Å². The van der Waals surface area contributed by atoms with Crippen LogP contribution in [0, 0.1) is 0 Å². The normalized spacial score (nSPS) is 35.3. The zero-order chi connectivity index (χ0) is 45.6. The van der Waals surface area contributed by atoms with E-state index in [1.54, 1.807) is 13.0 Å². The first-order valence-electron chi connectivity index (χ1n) is 22.9. The van der Waals surface area contributed by atoms with Gasteiger partial charge < -0.3 is 89.9 Å². The largest absolute Gasteiger partial charge is 0.394 e. The number of aliphatic hydroxyl groups is 11. The summed E-state index contributed by atoms with van der Waals surface area (Å²) >= 11 is 0. The smallest absolute Gasteiger partial charge is 0.220 e. The van der Waals surface area contributed by atoms with Crippen LogP contribution in [0.3, 0.4) is 0 Å². The van der Waals surface area contributed by atoms with Gasteiger partial charge in [0.2, 0.25) is 5.91 Å². The number of ether oxygens (including phenoxy) is 6. The molecule has 3 aliphatic rings. The third-order valence-electron chi connectivity index (χ3n) is 11.9. The van der Waals surface area contributed by atoms with Gasteiger partial charge in [0.05, 0.1) is 38.6 Å². The van der Waals surface area contributed by atoms with E-state index >= 15 is 0 Å². The Bertz CT molecular complexity index is 1220. The Morgan fingerprint density at radius 2 is 0.984 bits per heavy atom. The van der Waals surface area contributed by atoms with E-state index in [2.05, 4.69) is 12.2 Å². The Morgan fingerprint density at radius 1 is 0.565 bits per heavy atom. The van der Waals surface area contributed by atoms with Gasteiger partial charge in [-0.25, -0.2) is 0 Å². The van der Waals surface area contributed by atoms with Crippen molar-refractivity contribution in [2.75, 3.05) is 26.4 Å². The van der Waals surface area contributed by atoms with Gasteiger partial charge in [0.1, 0.15) is 73.2 Å². The maximum atomic E-state index is 12.3. The standard InChI is InChI=1S/C43H79NO18/c1-3-5-6-7-8-9-10-11-12-13-14-15-16-17-18-19-20-21-27(48)26(44-31(49)4-2)25-57-41-37(55)34(52)39(29(23-46)59-41)62-43-38(56)35(53)40(30(24-47)60-43)61-42-36(54)33(51)32(50)28(22-45)58-42/h20-21,26-30,32-43,45-48,50-56H,3-19,22-25H2,1-2H3,(H,44,49)/b21-20+. The van der Waals surface area contributed by atoms with Crippen molar-refractivity contribution in [3.8, 4) is 0 Å². The monoisotopic (exact) mass is 898 g/mol. The average Bonchev–Trinajstić information content (AvgIpc) is 3.27. The van der Waals surface area contributed by atoms with Gasteiger partial charge in [0, 0.05) is 6.42 Å². The number of amides is 1. The molecule has 0 aromatic rings. The topological polar surface area (TPSA) is 307 Å². The third kappa shape index (κ3) is 17.1. The van der Waals surface area contributed by atoms with Crippen LogP contribution in [0.4, 0.5) is 0 Å². The van der Waals surface area contributed by atoms with Crippen LogP contribution in [0.1, 0.15) is 123 Å². The molecule has 17 atom stereocenters. The van der Waals surface area contributed by atoms with Crippen LogP contribution < -0.4 is 5.32 Å². The number of unbranched alkanes of at least 4 members (excludes halogenated alkanes) is 15. The van der Waals surface area contributed by atoms with Crippen molar-refractivity contribution in [1.29, 1.82) is 0 Å². The fourth-order valence-corrected chi connectivity index (χ4v) is 7.92. The first kappa shape index (κ1) is 54.9. The summed E-state index contributed by atoms with van der Waals surface area (Å²) in [6.45, 7) is 1.11. The lowest BCUT2D eigenvalue weighted by Crippen LogP contribution is -2.66. The Labute approximate surface area is 365 Å². The molecule has 17 unspecified atom stereocenters. The zero-order valence-corrected chi connectivity index (χ0v) is 36.6. The minimum absolute atomic E-state index is 0.125. The number of nitrogens with one attached hydrogen (secondary N) is 1. The summed E-state index contributed by atoms with van der Waals surface area (Å²) in [6.07, 6.45) is -3.50. The van der Waals surface area contributed by atoms with Gasteiger partial charge in [-0.15, -0.1) is 0 Å². The van der Waals surface area contributed by atoms with E-state index in [-0.39, 0.29) is 18.9 Å². The molecule has 0 aromatic carbocycles. The van der Waals surface area contributed by atoms with Crippen LogP contribution in [-0.2, 0) is 33.2 Å². The summed E-state index contributed by atoms with van der Waals surface area (Å²) < 4.78 is 33.7. The molecule has 12 N–H and O–H groups in total. The van der Waals surface area contributed by atoms with Gasteiger partial charge >= 0.3 is 0 Å². The highest BCUT2D eigenvalue weighted by molar-refractivity contribution is 5.75. The maximum absolute atomic E-state index is 12.3. The Morgan fingerprint density at radius 3 is 1.45 bits per heavy atom. The summed E-state index contributed by atoms with van der Waals surface area (Å²) in [5, 5.41) is 118. The number of hydrogen-bond acceptors (Lipinski definition) is 18. The Kier molecular flexibility index (Phi) is 26.5. The van der Waals surface area contributed by atoms with Crippen LogP contribution >= 0.6 is 0 Å². The van der Waals surface area contributed by atoms with Crippen molar-refractivity contribution >= 4 is 5.91 Å². The minimum atomic E-state index is -1.97. The number of rotatable bonds is 30. The second-order valence-corrected chi connectivity index (χ2v) is 16.8. The van der Waals surface area contributed by atoms with Gasteiger partial charge in [-0.2, -0.15) is 0 Å². The highest BCUT2D eigenvalue weighted by Crippen LogP contribution is 2.33. The molecule has 0 saturated carbocycles. The van der Waals surface area contributed by atoms with Crippen LogP contribution in [0.5, 0.6) is 0 Å². The lowest BCUT2D eigenvalue weighted by Gasteiger charge is -2.48. The Balaban J connectivity index is 1.46. The van der Waals surface area contributed by atoms with Crippen molar-refractivity contribution in [2.24, 2.45) is 0 Å². The van der Waals surface area contributed by atoms with Gasteiger partial charge in [-0.3, -0.25) is 4.79 Å². The molecule has 0 aliphatic carbocycles. The van der Waals surface area contributed by atoms with Gasteiger partial charge in [-0.05, 0) is 12.8 Å². The fraction of sp³-hybridized carbons (Fsp3) is 0.930. The molecule has 19 heteroatoms. The summed E-state index contributed by atoms with van der Waals surface area (Å²) in [6, 6.07) is -0.963. The van der Waals surface area contributed by atoms with E-state index in [1.165, 1.54) is 77.0 Å². The molecular weight excluding hydrogens is 818 g/mol.